The van der Waals surface area contributed by atoms with Gasteiger partial charge >= 0.3 is 0 Å². The van der Waals surface area contributed by atoms with Crippen LogP contribution in [0.3, 0.4) is 0 Å². The van der Waals surface area contributed by atoms with Crippen LogP contribution in [0.15, 0.2) is 36.5 Å². The lowest BCUT2D eigenvalue weighted by molar-refractivity contribution is 0.462. The Morgan fingerprint density at radius 3 is 2.76 bits per heavy atom. The predicted molar refractivity (Wildman–Crippen MR) is 68.7 cm³/mol. The highest BCUT2D eigenvalue weighted by Gasteiger charge is 2.04. The summed E-state index contributed by atoms with van der Waals surface area (Å²) in [6.45, 7) is 0.341. The van der Waals surface area contributed by atoms with Crippen LogP contribution in [0.5, 0.6) is 11.6 Å². The Labute approximate surface area is 109 Å². The summed E-state index contributed by atoms with van der Waals surface area (Å²) in [6, 6.07) is 8.79. The van der Waals surface area contributed by atoms with E-state index in [2.05, 4.69) is 4.98 Å². The molecule has 0 saturated heterocycles. The summed E-state index contributed by atoms with van der Waals surface area (Å²) < 4.78 is 5.55. The van der Waals surface area contributed by atoms with Gasteiger partial charge in [0.25, 0.3) is 0 Å². The molecule has 0 aliphatic heterocycles. The van der Waals surface area contributed by atoms with Gasteiger partial charge in [-0.15, -0.1) is 0 Å². The molecule has 0 spiro atoms. The van der Waals surface area contributed by atoms with Crippen LogP contribution in [-0.2, 0) is 6.54 Å². The third-order valence-electron chi connectivity index (χ3n) is 2.15. The average molecular weight is 269 g/mol. The number of pyridine rings is 1. The fourth-order valence-electron chi connectivity index (χ4n) is 1.32. The van der Waals surface area contributed by atoms with E-state index in [1.165, 1.54) is 6.20 Å². The number of rotatable bonds is 3. The molecular weight excluding hydrogens is 259 g/mol. The number of hydrogen-bond donors (Lipinski definition) is 1. The van der Waals surface area contributed by atoms with Crippen molar-refractivity contribution in [2.45, 2.75) is 6.54 Å². The van der Waals surface area contributed by atoms with Gasteiger partial charge < -0.3 is 10.5 Å². The highest BCUT2D eigenvalue weighted by molar-refractivity contribution is 6.31. The largest absolute Gasteiger partial charge is 0.439 e. The van der Waals surface area contributed by atoms with Gasteiger partial charge in [0.2, 0.25) is 5.88 Å². The zero-order valence-electron chi connectivity index (χ0n) is 8.86. The van der Waals surface area contributed by atoms with Crippen LogP contribution >= 0.6 is 23.2 Å². The van der Waals surface area contributed by atoms with Crippen molar-refractivity contribution >= 4 is 23.2 Å². The van der Waals surface area contributed by atoms with Crippen molar-refractivity contribution < 1.29 is 4.74 Å². The first-order chi connectivity index (χ1) is 8.19. The van der Waals surface area contributed by atoms with E-state index in [-0.39, 0.29) is 0 Å². The molecule has 2 N–H and O–H groups in total. The smallest absolute Gasteiger partial charge is 0.219 e. The minimum Gasteiger partial charge on any atom is -0.439 e. The van der Waals surface area contributed by atoms with Crippen molar-refractivity contribution in [3.63, 3.8) is 0 Å². The average Bonchev–Trinajstić information content (AvgIpc) is 2.32. The molecule has 1 aromatic carbocycles. The maximum Gasteiger partial charge on any atom is 0.219 e. The van der Waals surface area contributed by atoms with Crippen molar-refractivity contribution in [2.75, 3.05) is 0 Å². The molecule has 0 bridgehead atoms. The lowest BCUT2D eigenvalue weighted by Crippen LogP contribution is -1.99. The van der Waals surface area contributed by atoms with Crippen LogP contribution in [0.4, 0.5) is 0 Å². The van der Waals surface area contributed by atoms with Crippen LogP contribution in [0.25, 0.3) is 0 Å². The normalized spacial score (nSPS) is 10.3. The van der Waals surface area contributed by atoms with Crippen LogP contribution < -0.4 is 10.5 Å². The molecule has 0 aliphatic rings. The SMILES string of the molecule is NCc1cc(Oc2cccc(Cl)c2)ncc1Cl. The lowest BCUT2D eigenvalue weighted by Gasteiger charge is -2.07. The van der Waals surface area contributed by atoms with Gasteiger partial charge in [-0.3, -0.25) is 0 Å². The molecule has 0 aliphatic carbocycles. The van der Waals surface area contributed by atoms with Crippen molar-refractivity contribution in [2.24, 2.45) is 5.73 Å². The Morgan fingerprint density at radius 2 is 2.06 bits per heavy atom. The molecule has 88 valence electrons. The number of ether oxygens (including phenoxy) is 1. The second-order valence-corrected chi connectivity index (χ2v) is 4.22. The zero-order valence-corrected chi connectivity index (χ0v) is 10.4. The van der Waals surface area contributed by atoms with Crippen LogP contribution in [0.1, 0.15) is 5.56 Å². The second-order valence-electron chi connectivity index (χ2n) is 3.38. The highest BCUT2D eigenvalue weighted by Crippen LogP contribution is 2.25. The van der Waals surface area contributed by atoms with E-state index in [1.54, 1.807) is 30.3 Å². The molecule has 17 heavy (non-hydrogen) atoms. The van der Waals surface area contributed by atoms with Gasteiger partial charge in [-0.1, -0.05) is 29.3 Å². The Balaban J connectivity index is 2.24. The molecule has 3 nitrogen and oxygen atoms in total. The summed E-state index contributed by atoms with van der Waals surface area (Å²) in [4.78, 5) is 4.06. The lowest BCUT2D eigenvalue weighted by atomic mass is 10.2. The number of hydrogen-bond acceptors (Lipinski definition) is 3. The monoisotopic (exact) mass is 268 g/mol. The second kappa shape index (κ2) is 5.36. The van der Waals surface area contributed by atoms with Crippen LogP contribution in [-0.4, -0.2) is 4.98 Å². The summed E-state index contributed by atoms with van der Waals surface area (Å²) >= 11 is 11.8. The molecular formula is C12H10Cl2N2O. The van der Waals surface area contributed by atoms with E-state index < -0.39 is 0 Å². The summed E-state index contributed by atoms with van der Waals surface area (Å²) in [5.74, 6) is 1.06. The van der Waals surface area contributed by atoms with Gasteiger partial charge in [-0.25, -0.2) is 4.98 Å². The highest BCUT2D eigenvalue weighted by atomic mass is 35.5. The molecule has 0 saturated carbocycles. The van der Waals surface area contributed by atoms with E-state index in [1.807, 2.05) is 0 Å². The molecule has 0 atom stereocenters. The molecule has 1 heterocycles. The van der Waals surface area contributed by atoms with Gasteiger partial charge in [0.05, 0.1) is 5.02 Å². The van der Waals surface area contributed by atoms with Crippen molar-refractivity contribution in [3.8, 4) is 11.6 Å². The molecule has 1 aromatic heterocycles. The van der Waals surface area contributed by atoms with Crippen molar-refractivity contribution in [1.29, 1.82) is 0 Å². The first-order valence-corrected chi connectivity index (χ1v) is 5.72. The third-order valence-corrected chi connectivity index (χ3v) is 2.72. The van der Waals surface area contributed by atoms with Gasteiger partial charge in [-0.2, -0.15) is 0 Å². The van der Waals surface area contributed by atoms with E-state index in [0.29, 0.717) is 28.2 Å². The minimum atomic E-state index is 0.341. The summed E-state index contributed by atoms with van der Waals surface area (Å²) in [5.41, 5.74) is 6.34. The summed E-state index contributed by atoms with van der Waals surface area (Å²) in [7, 11) is 0. The maximum absolute atomic E-state index is 5.91. The first kappa shape index (κ1) is 12.2. The number of aromatic nitrogens is 1. The standard InChI is InChI=1S/C12H10Cl2N2O/c13-9-2-1-3-10(5-9)17-12-4-8(6-15)11(14)7-16-12/h1-5,7H,6,15H2. The molecule has 0 amide bonds. The van der Waals surface area contributed by atoms with Gasteiger partial charge in [0.1, 0.15) is 5.75 Å². The van der Waals surface area contributed by atoms with E-state index in [4.69, 9.17) is 33.7 Å². The number of nitrogens with zero attached hydrogens (tertiary/aromatic N) is 1. The molecule has 2 rings (SSSR count). The Bertz CT molecular complexity index is 532. The molecule has 0 radical (unpaired) electrons. The maximum atomic E-state index is 5.91. The molecule has 2 aromatic rings. The van der Waals surface area contributed by atoms with Crippen LogP contribution in [0.2, 0.25) is 10.0 Å². The topological polar surface area (TPSA) is 48.1 Å². The van der Waals surface area contributed by atoms with E-state index in [9.17, 15) is 0 Å². The van der Waals surface area contributed by atoms with Crippen molar-refractivity contribution in [3.05, 3.63) is 52.1 Å². The van der Waals surface area contributed by atoms with Gasteiger partial charge in [0, 0.05) is 23.8 Å². The molecule has 0 fully saturated rings. The zero-order chi connectivity index (χ0) is 12.3. The molecule has 0 unspecified atom stereocenters. The fourth-order valence-corrected chi connectivity index (χ4v) is 1.68. The van der Waals surface area contributed by atoms with E-state index >= 15 is 0 Å². The van der Waals surface area contributed by atoms with Crippen molar-refractivity contribution in [1.82, 2.24) is 4.98 Å². The Kier molecular flexibility index (Phi) is 3.84. The van der Waals surface area contributed by atoms with Crippen LogP contribution in [0, 0.1) is 0 Å². The number of nitrogens with two attached hydrogens (primary N) is 1. The Morgan fingerprint density at radius 1 is 1.24 bits per heavy atom. The third kappa shape index (κ3) is 3.09. The number of benzene rings is 1. The quantitative estimate of drug-likeness (QED) is 0.925. The Hall–Kier alpha value is -1.29. The first-order valence-electron chi connectivity index (χ1n) is 4.97. The summed E-state index contributed by atoms with van der Waals surface area (Å²) in [6.07, 6.45) is 1.52. The van der Waals surface area contributed by atoms with E-state index in [0.717, 1.165) is 5.56 Å². The van der Waals surface area contributed by atoms with Gasteiger partial charge in [0.15, 0.2) is 0 Å². The number of halogens is 2. The predicted octanol–water partition coefficient (Wildman–Crippen LogP) is 3.64. The minimum absolute atomic E-state index is 0.341. The fraction of sp³-hybridized carbons (Fsp3) is 0.0833. The molecule has 5 heteroatoms. The van der Waals surface area contributed by atoms with Gasteiger partial charge in [-0.05, 0) is 23.8 Å². The summed E-state index contributed by atoms with van der Waals surface area (Å²) in [5, 5.41) is 1.14.